The first-order chi connectivity index (χ1) is 8.02. The van der Waals surface area contributed by atoms with Crippen molar-refractivity contribution in [3.63, 3.8) is 0 Å². The fourth-order valence-electron chi connectivity index (χ4n) is 2.04. The second kappa shape index (κ2) is 6.39. The summed E-state index contributed by atoms with van der Waals surface area (Å²) >= 11 is 0. The summed E-state index contributed by atoms with van der Waals surface area (Å²) in [6.07, 6.45) is 3.81. The van der Waals surface area contributed by atoms with Crippen LogP contribution in [-0.4, -0.2) is 46.7 Å². The van der Waals surface area contributed by atoms with Crippen molar-refractivity contribution >= 4 is 11.9 Å². The average molecular weight is 241 g/mol. The van der Waals surface area contributed by atoms with Crippen molar-refractivity contribution in [2.75, 3.05) is 19.6 Å². The van der Waals surface area contributed by atoms with Crippen molar-refractivity contribution in [3.8, 4) is 0 Å². The molecule has 0 aliphatic carbocycles. The number of hydrogen-bond donors (Lipinski definition) is 2. The largest absolute Gasteiger partial charge is 0.478 e. The first kappa shape index (κ1) is 13.7. The zero-order valence-corrected chi connectivity index (χ0v) is 10.1. The summed E-state index contributed by atoms with van der Waals surface area (Å²) in [5.74, 6) is -2.28. The van der Waals surface area contributed by atoms with E-state index >= 15 is 0 Å². The Bertz CT molecular complexity index is 329. The Morgan fingerprint density at radius 3 is 2.12 bits per heavy atom. The molecule has 0 unspecified atom stereocenters. The topological polar surface area (TPSA) is 77.8 Å². The Labute approximate surface area is 101 Å². The lowest BCUT2D eigenvalue weighted by Crippen LogP contribution is -2.31. The fraction of sp³-hybridized carbons (Fsp3) is 0.667. The molecule has 96 valence electrons. The van der Waals surface area contributed by atoms with Crippen LogP contribution in [0.15, 0.2) is 11.1 Å². The number of hydrogen-bond acceptors (Lipinski definition) is 3. The van der Waals surface area contributed by atoms with Crippen molar-refractivity contribution in [2.45, 2.75) is 32.6 Å². The van der Waals surface area contributed by atoms with Gasteiger partial charge in [-0.3, -0.25) is 0 Å². The molecule has 0 aromatic heterocycles. The van der Waals surface area contributed by atoms with Crippen LogP contribution in [0, 0.1) is 0 Å². The van der Waals surface area contributed by atoms with E-state index in [0.29, 0.717) is 13.0 Å². The molecule has 2 N–H and O–H groups in total. The zero-order chi connectivity index (χ0) is 12.8. The molecule has 1 saturated heterocycles. The van der Waals surface area contributed by atoms with Crippen LogP contribution in [0.4, 0.5) is 0 Å². The van der Waals surface area contributed by atoms with E-state index in [-0.39, 0.29) is 11.1 Å². The lowest BCUT2D eigenvalue weighted by Gasteiger charge is -2.26. The molecule has 0 atom stereocenters. The quantitative estimate of drug-likeness (QED) is 0.710. The molecule has 1 aliphatic rings. The summed E-state index contributed by atoms with van der Waals surface area (Å²) in [7, 11) is 0. The maximum atomic E-state index is 11.0. The Kier molecular flexibility index (Phi) is 5.15. The van der Waals surface area contributed by atoms with E-state index in [2.05, 4.69) is 4.90 Å². The lowest BCUT2D eigenvalue weighted by molar-refractivity contribution is -0.136. The van der Waals surface area contributed by atoms with Gasteiger partial charge in [-0.25, -0.2) is 9.59 Å². The van der Waals surface area contributed by atoms with Crippen molar-refractivity contribution < 1.29 is 19.8 Å². The van der Waals surface area contributed by atoms with Crippen LogP contribution in [0.25, 0.3) is 0 Å². The van der Waals surface area contributed by atoms with Crippen LogP contribution in [0.1, 0.15) is 32.6 Å². The van der Waals surface area contributed by atoms with Gasteiger partial charge in [0.05, 0.1) is 0 Å². The molecule has 0 bridgehead atoms. The van der Waals surface area contributed by atoms with E-state index in [0.717, 1.165) is 25.9 Å². The molecule has 5 nitrogen and oxygen atoms in total. The smallest absolute Gasteiger partial charge is 0.332 e. The van der Waals surface area contributed by atoms with E-state index in [4.69, 9.17) is 10.2 Å². The van der Waals surface area contributed by atoms with Gasteiger partial charge in [0.25, 0.3) is 0 Å². The van der Waals surface area contributed by atoms with Crippen LogP contribution in [-0.2, 0) is 9.59 Å². The number of aliphatic carboxylic acids is 2. The Balaban J connectivity index is 2.59. The third-order valence-corrected chi connectivity index (χ3v) is 3.16. The molecule has 17 heavy (non-hydrogen) atoms. The maximum absolute atomic E-state index is 11.0. The summed E-state index contributed by atoms with van der Waals surface area (Å²) in [5.41, 5.74) is -0.0439. The molecule has 0 amide bonds. The highest BCUT2D eigenvalue weighted by atomic mass is 16.4. The highest BCUT2D eigenvalue weighted by molar-refractivity contribution is 5.98. The van der Waals surface area contributed by atoms with Gasteiger partial charge in [-0.15, -0.1) is 0 Å². The van der Waals surface area contributed by atoms with Crippen LogP contribution < -0.4 is 0 Å². The van der Waals surface area contributed by atoms with Gasteiger partial charge < -0.3 is 15.1 Å². The van der Waals surface area contributed by atoms with Crippen LogP contribution in [0.5, 0.6) is 0 Å². The van der Waals surface area contributed by atoms with E-state index in [9.17, 15) is 9.59 Å². The monoisotopic (exact) mass is 241 g/mol. The van der Waals surface area contributed by atoms with Gasteiger partial charge in [0.1, 0.15) is 0 Å². The minimum atomic E-state index is -1.15. The molecule has 0 aromatic carbocycles. The molecule has 0 spiro atoms. The number of nitrogens with zero attached hydrogens (tertiary/aromatic N) is 1. The van der Waals surface area contributed by atoms with Crippen LogP contribution >= 0.6 is 0 Å². The molecule has 5 heteroatoms. The number of carboxylic acids is 2. The summed E-state index contributed by atoms with van der Waals surface area (Å²) in [5, 5.41) is 17.8. The molecule has 0 radical (unpaired) electrons. The Morgan fingerprint density at radius 1 is 1.06 bits per heavy atom. The minimum absolute atomic E-state index is 0.0167. The average Bonchev–Trinajstić information content (AvgIpc) is 2.29. The maximum Gasteiger partial charge on any atom is 0.332 e. The number of rotatable bonds is 5. The van der Waals surface area contributed by atoms with E-state index in [1.165, 1.54) is 13.3 Å². The van der Waals surface area contributed by atoms with Crippen molar-refractivity contribution in [3.05, 3.63) is 11.1 Å². The summed E-state index contributed by atoms with van der Waals surface area (Å²) in [4.78, 5) is 23.9. The predicted molar refractivity (Wildman–Crippen MR) is 62.9 cm³/mol. The second-order valence-corrected chi connectivity index (χ2v) is 4.37. The first-order valence-electron chi connectivity index (χ1n) is 5.91. The standard InChI is InChI=1S/C12H19NO4/c1-9(11(14)15)10(12(16)17)5-8-13-6-3-2-4-7-13/h2-8H2,1H3,(H,14,15)(H,16,17)/b10-9+. The van der Waals surface area contributed by atoms with E-state index < -0.39 is 11.9 Å². The molecule has 1 aliphatic heterocycles. The molecule has 1 heterocycles. The molecular formula is C12H19NO4. The fourth-order valence-corrected chi connectivity index (χ4v) is 2.04. The van der Waals surface area contributed by atoms with Crippen molar-refractivity contribution in [1.29, 1.82) is 0 Å². The van der Waals surface area contributed by atoms with Crippen LogP contribution in [0.2, 0.25) is 0 Å². The molecular weight excluding hydrogens is 222 g/mol. The van der Waals surface area contributed by atoms with E-state index in [1.807, 2.05) is 0 Å². The van der Waals surface area contributed by atoms with Crippen molar-refractivity contribution in [2.24, 2.45) is 0 Å². The van der Waals surface area contributed by atoms with Gasteiger partial charge in [-0.05, 0) is 39.3 Å². The molecule has 0 saturated carbocycles. The number of carboxylic acid groups (broad SMARTS) is 2. The van der Waals surface area contributed by atoms with Gasteiger partial charge in [0.2, 0.25) is 0 Å². The Hall–Kier alpha value is -1.36. The molecule has 1 fully saturated rings. The van der Waals surface area contributed by atoms with Gasteiger partial charge in [0, 0.05) is 17.7 Å². The van der Waals surface area contributed by atoms with Crippen molar-refractivity contribution in [1.82, 2.24) is 4.90 Å². The second-order valence-electron chi connectivity index (χ2n) is 4.37. The molecule has 0 aromatic rings. The van der Waals surface area contributed by atoms with Gasteiger partial charge >= 0.3 is 11.9 Å². The Morgan fingerprint density at radius 2 is 1.65 bits per heavy atom. The van der Waals surface area contributed by atoms with Gasteiger partial charge in [-0.1, -0.05) is 6.42 Å². The highest BCUT2D eigenvalue weighted by Crippen LogP contribution is 2.14. The van der Waals surface area contributed by atoms with E-state index in [1.54, 1.807) is 0 Å². The molecule has 1 rings (SSSR count). The van der Waals surface area contributed by atoms with Crippen LogP contribution in [0.3, 0.4) is 0 Å². The lowest BCUT2D eigenvalue weighted by atomic mass is 10.0. The van der Waals surface area contributed by atoms with Gasteiger partial charge in [-0.2, -0.15) is 0 Å². The van der Waals surface area contributed by atoms with Gasteiger partial charge in [0.15, 0.2) is 0 Å². The number of carbonyl (C=O) groups is 2. The highest BCUT2D eigenvalue weighted by Gasteiger charge is 2.18. The summed E-state index contributed by atoms with van der Waals surface area (Å²) in [6.45, 7) is 3.95. The first-order valence-corrected chi connectivity index (χ1v) is 5.91. The normalized spacial score (nSPS) is 18.6. The SMILES string of the molecule is C/C(C(=O)O)=C(/CCN1CCCCC1)C(=O)O. The summed E-state index contributed by atoms with van der Waals surface area (Å²) < 4.78 is 0. The zero-order valence-electron chi connectivity index (χ0n) is 10.1. The minimum Gasteiger partial charge on any atom is -0.478 e. The number of likely N-dealkylation sites (tertiary alicyclic amines) is 1. The third kappa shape index (κ3) is 4.19. The third-order valence-electron chi connectivity index (χ3n) is 3.16. The summed E-state index contributed by atoms with van der Waals surface area (Å²) in [6, 6.07) is 0. The number of piperidine rings is 1. The predicted octanol–water partition coefficient (Wildman–Crippen LogP) is 1.35.